The molecule has 0 saturated carbocycles. The fourth-order valence-corrected chi connectivity index (χ4v) is 8.68. The van der Waals surface area contributed by atoms with E-state index < -0.39 is 55.3 Å². The Kier molecular flexibility index (Phi) is 18.5. The molecule has 0 amide bonds. The smallest absolute Gasteiger partial charge is 0.190 e. The third-order valence-corrected chi connectivity index (χ3v) is 12.4. The van der Waals surface area contributed by atoms with E-state index in [4.69, 9.17) is 47.4 Å². The summed E-state index contributed by atoms with van der Waals surface area (Å²) in [7, 11) is 0. The molecule has 0 bridgehead atoms. The maximum atomic E-state index is 7.19. The highest BCUT2D eigenvalue weighted by Gasteiger charge is 2.52. The van der Waals surface area contributed by atoms with Gasteiger partial charge in [-0.15, -0.1) is 0 Å². The van der Waals surface area contributed by atoms with E-state index in [9.17, 15) is 0 Å². The van der Waals surface area contributed by atoms with Gasteiger partial charge in [0.15, 0.2) is 12.6 Å². The summed E-state index contributed by atoms with van der Waals surface area (Å²) in [6, 6.07) is 70.5. The minimum atomic E-state index is -1.06. The highest BCUT2D eigenvalue weighted by atomic mass is 16.8. The van der Waals surface area contributed by atoms with E-state index >= 15 is 0 Å². The minimum absolute atomic E-state index is 0.158. The zero-order chi connectivity index (χ0) is 47.4. The largest absolute Gasteiger partial charge is 0.374 e. The molecule has 10 nitrogen and oxygen atoms in total. The molecule has 0 N–H and O–H groups in total. The molecule has 0 spiro atoms. The molecule has 0 radical (unpaired) electrons. The maximum absolute atomic E-state index is 7.19. The van der Waals surface area contributed by atoms with Gasteiger partial charge in [-0.3, -0.25) is 0 Å². The first-order valence-corrected chi connectivity index (χ1v) is 24.2. The Bertz CT molecular complexity index is 2490. The topological polar surface area (TPSA) is 92.3 Å². The molecule has 9 rings (SSSR count). The van der Waals surface area contributed by atoms with E-state index in [1.165, 1.54) is 0 Å². The Morgan fingerprint density at radius 1 is 0.314 bits per heavy atom. The van der Waals surface area contributed by atoms with Crippen LogP contribution in [0.15, 0.2) is 212 Å². The summed E-state index contributed by atoms with van der Waals surface area (Å²) in [5.41, 5.74) is 7.04. The zero-order valence-corrected chi connectivity index (χ0v) is 39.3. The molecule has 10 heteroatoms. The summed E-state index contributed by atoms with van der Waals surface area (Å²) in [5.74, 6) is 0. The van der Waals surface area contributed by atoms with E-state index in [1.54, 1.807) is 0 Å². The summed E-state index contributed by atoms with van der Waals surface area (Å²) < 4.78 is 69.0. The van der Waals surface area contributed by atoms with Crippen LogP contribution in [0.5, 0.6) is 0 Å². The molecule has 70 heavy (non-hydrogen) atoms. The lowest BCUT2D eigenvalue weighted by molar-refractivity contribution is -0.384. The van der Waals surface area contributed by atoms with Crippen LogP contribution in [-0.2, 0) is 93.6 Å². The normalized spacial score (nSPS) is 23.5. The van der Waals surface area contributed by atoms with Crippen LogP contribution in [-0.4, -0.2) is 68.5 Å². The fraction of sp³-hybridized carbons (Fsp3) is 0.300. The molecule has 7 aromatic rings. The Morgan fingerprint density at radius 2 is 0.629 bits per heavy atom. The summed E-state index contributed by atoms with van der Waals surface area (Å²) in [6.07, 6.45) is -6.87. The van der Waals surface area contributed by atoms with Crippen LogP contribution in [0.2, 0.25) is 0 Å². The molecule has 0 unspecified atom stereocenters. The molecule has 2 heterocycles. The first-order chi connectivity index (χ1) is 34.7. The molecular formula is C60H62O10. The Balaban J connectivity index is 1.06. The Labute approximate surface area is 411 Å². The van der Waals surface area contributed by atoms with Crippen molar-refractivity contribution in [2.24, 2.45) is 0 Å². The second-order valence-corrected chi connectivity index (χ2v) is 17.5. The van der Waals surface area contributed by atoms with Gasteiger partial charge in [-0.2, -0.15) is 0 Å². The van der Waals surface area contributed by atoms with Crippen molar-refractivity contribution in [1.82, 2.24) is 0 Å². The van der Waals surface area contributed by atoms with Gasteiger partial charge in [0.25, 0.3) is 0 Å². The summed E-state index contributed by atoms with van der Waals surface area (Å²) in [4.78, 5) is 0. The van der Waals surface area contributed by atoms with Gasteiger partial charge >= 0.3 is 0 Å². The molecular weight excluding hydrogens is 881 g/mol. The highest BCUT2D eigenvalue weighted by Crippen LogP contribution is 2.35. The lowest BCUT2D eigenvalue weighted by atomic mass is 9.97. The van der Waals surface area contributed by atoms with Crippen molar-refractivity contribution in [2.75, 3.05) is 13.2 Å². The second-order valence-electron chi connectivity index (χ2n) is 17.5. The predicted octanol–water partition coefficient (Wildman–Crippen LogP) is 10.8. The van der Waals surface area contributed by atoms with Crippen molar-refractivity contribution in [3.8, 4) is 0 Å². The minimum Gasteiger partial charge on any atom is -0.374 e. The van der Waals surface area contributed by atoms with Crippen molar-refractivity contribution < 1.29 is 47.4 Å². The molecule has 2 aliphatic rings. The number of benzene rings is 7. The zero-order valence-electron chi connectivity index (χ0n) is 39.3. The van der Waals surface area contributed by atoms with Crippen molar-refractivity contribution in [3.05, 3.63) is 251 Å². The van der Waals surface area contributed by atoms with Gasteiger partial charge < -0.3 is 47.4 Å². The quantitative estimate of drug-likeness (QED) is 0.0583. The fourth-order valence-electron chi connectivity index (χ4n) is 8.68. The van der Waals surface area contributed by atoms with Crippen molar-refractivity contribution >= 4 is 0 Å². The lowest BCUT2D eigenvalue weighted by Crippen LogP contribution is -2.64. The van der Waals surface area contributed by atoms with Crippen LogP contribution >= 0.6 is 0 Å². The first-order valence-electron chi connectivity index (χ1n) is 24.2. The summed E-state index contributed by atoms with van der Waals surface area (Å²) in [5, 5.41) is 0. The summed E-state index contributed by atoms with van der Waals surface area (Å²) in [6.45, 7) is 2.46. The van der Waals surface area contributed by atoms with Gasteiger partial charge in [0, 0.05) is 0 Å². The van der Waals surface area contributed by atoms with Crippen molar-refractivity contribution in [3.63, 3.8) is 0 Å². The van der Waals surface area contributed by atoms with Crippen LogP contribution in [0.25, 0.3) is 0 Å². The average Bonchev–Trinajstić information content (AvgIpc) is 3.42. The summed E-state index contributed by atoms with van der Waals surface area (Å²) >= 11 is 0. The van der Waals surface area contributed by atoms with Gasteiger partial charge in [0.2, 0.25) is 0 Å². The molecule has 362 valence electrons. The van der Waals surface area contributed by atoms with E-state index in [0.717, 1.165) is 38.9 Å². The SMILES string of the molecule is c1ccc(COC[C@H]2O[C@@H](O[C@@H]3OC[C@@H](OCc4ccccc4)[C@H](OCc4ccccc4)[C@H]3OCc3ccccc3)[C@H](OCc3ccccc3)[C@@H](OCc3ccccc3)[C@@H]2OCc2ccccc2)cc1. The van der Waals surface area contributed by atoms with Gasteiger partial charge in [0.05, 0.1) is 59.5 Å². The predicted molar refractivity (Wildman–Crippen MR) is 266 cm³/mol. The van der Waals surface area contributed by atoms with Crippen molar-refractivity contribution in [2.45, 2.75) is 102 Å². The van der Waals surface area contributed by atoms with Crippen LogP contribution in [0.4, 0.5) is 0 Å². The van der Waals surface area contributed by atoms with Crippen LogP contribution in [0.3, 0.4) is 0 Å². The van der Waals surface area contributed by atoms with Gasteiger partial charge in [-0.1, -0.05) is 212 Å². The molecule has 0 aromatic heterocycles. The number of hydrogen-bond donors (Lipinski definition) is 0. The Morgan fingerprint density at radius 3 is 1.03 bits per heavy atom. The molecule has 0 aliphatic carbocycles. The average molecular weight is 943 g/mol. The van der Waals surface area contributed by atoms with Crippen LogP contribution in [0, 0.1) is 0 Å². The van der Waals surface area contributed by atoms with E-state index in [2.05, 4.69) is 0 Å². The lowest BCUT2D eigenvalue weighted by Gasteiger charge is -2.48. The molecule has 2 fully saturated rings. The first kappa shape index (κ1) is 49.1. The second kappa shape index (κ2) is 26.4. The third-order valence-electron chi connectivity index (χ3n) is 12.4. The maximum Gasteiger partial charge on any atom is 0.190 e. The number of rotatable bonds is 24. The highest BCUT2D eigenvalue weighted by molar-refractivity contribution is 5.19. The monoisotopic (exact) mass is 942 g/mol. The molecule has 7 aromatic carbocycles. The Hall–Kier alpha value is -5.86. The van der Waals surface area contributed by atoms with E-state index in [-0.39, 0.29) is 33.0 Å². The van der Waals surface area contributed by atoms with Crippen LogP contribution in [0.1, 0.15) is 38.9 Å². The van der Waals surface area contributed by atoms with Crippen LogP contribution < -0.4 is 0 Å². The number of hydrogen-bond acceptors (Lipinski definition) is 10. The molecule has 2 saturated heterocycles. The van der Waals surface area contributed by atoms with Crippen molar-refractivity contribution in [1.29, 1.82) is 0 Å². The number of ether oxygens (including phenoxy) is 10. The molecule has 2 aliphatic heterocycles. The third kappa shape index (κ3) is 14.4. The van der Waals surface area contributed by atoms with Gasteiger partial charge in [-0.25, -0.2) is 0 Å². The van der Waals surface area contributed by atoms with Gasteiger partial charge in [-0.05, 0) is 38.9 Å². The standard InChI is InChI=1S/C60H62O10/c1-8-22-45(23-9-1)36-61-43-53-55(64-39-48-28-14-4-15-29-48)56(65-40-49-30-16-5-17-31-49)58(67-42-51-34-20-7-21-35-51)60(69-53)70-59-57(66-41-50-32-18-6-19-33-50)54(63-38-47-26-12-3-13-27-47)52(44-68-59)62-37-46-24-10-2-11-25-46/h1-35,52-60H,36-44H2/t52-,53-,54+,55-,56+,57-,58-,59+,60+/m1/s1. The van der Waals surface area contributed by atoms with E-state index in [0.29, 0.717) is 26.4 Å². The van der Waals surface area contributed by atoms with Gasteiger partial charge in [0.1, 0.15) is 42.7 Å². The van der Waals surface area contributed by atoms with E-state index in [1.807, 2.05) is 212 Å². The molecule has 9 atom stereocenters.